The van der Waals surface area contributed by atoms with Crippen molar-refractivity contribution >= 4 is 40.9 Å². The molecule has 0 N–H and O–H groups in total. The van der Waals surface area contributed by atoms with Gasteiger partial charge in [-0.15, -0.1) is 0 Å². The molecule has 0 radical (unpaired) electrons. The number of Topliss-reactive ketones (excluding diaryl/α,β-unsaturated/α-hetero) is 1. The molecule has 4 rings (SSSR count). The maximum Gasteiger partial charge on any atom is 0.310 e. The van der Waals surface area contributed by atoms with E-state index in [0.29, 0.717) is 47.2 Å². The highest BCUT2D eigenvalue weighted by Gasteiger charge is 2.33. The molecule has 0 spiro atoms. The number of aryl methyl sites for hydroxylation is 1. The topological polar surface area (TPSA) is 102 Å². The molecule has 0 saturated carbocycles. The number of carbonyl (C=O) groups excluding carboxylic acids is 4. The van der Waals surface area contributed by atoms with Gasteiger partial charge in [-0.1, -0.05) is 17.7 Å². The van der Waals surface area contributed by atoms with Crippen LogP contribution in [0.1, 0.15) is 35.7 Å². The summed E-state index contributed by atoms with van der Waals surface area (Å²) < 4.78 is 16.3. The van der Waals surface area contributed by atoms with Crippen LogP contribution in [0.15, 0.2) is 36.4 Å². The number of halogens is 1. The fourth-order valence-electron chi connectivity index (χ4n) is 4.39. The molecule has 2 aliphatic heterocycles. The predicted octanol–water partition coefficient (Wildman–Crippen LogP) is 3.44. The van der Waals surface area contributed by atoms with E-state index in [9.17, 15) is 19.2 Å². The highest BCUT2D eigenvalue weighted by molar-refractivity contribution is 6.32. The second kappa shape index (κ2) is 11.6. The largest absolute Gasteiger partial charge is 0.484 e. The molecule has 2 aliphatic rings. The SMILES string of the molecule is CCOC(=O)[C@H]1CCCN(C(=O)CN2C(=O)COc3ccc(C(=O)COc4cc(C)ccc4Cl)cc32)C1. The average molecular weight is 529 g/mol. The molecule has 0 aromatic heterocycles. The molecule has 0 bridgehead atoms. The number of benzene rings is 2. The van der Waals surface area contributed by atoms with E-state index in [0.717, 1.165) is 5.56 Å². The van der Waals surface area contributed by atoms with Crippen LogP contribution in [0.5, 0.6) is 11.5 Å². The van der Waals surface area contributed by atoms with Crippen LogP contribution in [-0.4, -0.2) is 67.9 Å². The number of rotatable bonds is 8. The number of ether oxygens (including phenoxy) is 3. The van der Waals surface area contributed by atoms with Gasteiger partial charge in [0.05, 0.1) is 23.2 Å². The number of esters is 1. The Kier molecular flexibility index (Phi) is 8.33. The Morgan fingerprint density at radius 2 is 1.97 bits per heavy atom. The number of hydrogen-bond acceptors (Lipinski definition) is 7. The van der Waals surface area contributed by atoms with Gasteiger partial charge in [0.1, 0.15) is 18.0 Å². The van der Waals surface area contributed by atoms with Gasteiger partial charge in [-0.05, 0) is 62.6 Å². The lowest BCUT2D eigenvalue weighted by Crippen LogP contribution is -2.49. The third-order valence-corrected chi connectivity index (χ3v) is 6.67. The Morgan fingerprint density at radius 1 is 1.16 bits per heavy atom. The molecule has 9 nitrogen and oxygen atoms in total. The minimum Gasteiger partial charge on any atom is -0.484 e. The van der Waals surface area contributed by atoms with E-state index in [2.05, 4.69) is 0 Å². The van der Waals surface area contributed by atoms with Crippen molar-refractivity contribution in [1.82, 2.24) is 4.90 Å². The van der Waals surface area contributed by atoms with Gasteiger partial charge in [0.25, 0.3) is 5.91 Å². The zero-order valence-corrected chi connectivity index (χ0v) is 21.6. The van der Waals surface area contributed by atoms with Crippen LogP contribution in [0.25, 0.3) is 0 Å². The summed E-state index contributed by atoms with van der Waals surface area (Å²) in [7, 11) is 0. The highest BCUT2D eigenvalue weighted by Crippen LogP contribution is 2.34. The normalized spacial score (nSPS) is 17.1. The first-order valence-electron chi connectivity index (χ1n) is 12.2. The van der Waals surface area contributed by atoms with Crippen LogP contribution in [0.2, 0.25) is 5.02 Å². The van der Waals surface area contributed by atoms with Gasteiger partial charge in [-0.3, -0.25) is 24.1 Å². The molecular weight excluding hydrogens is 500 g/mol. The predicted molar refractivity (Wildman–Crippen MR) is 136 cm³/mol. The Balaban J connectivity index is 1.46. The number of anilines is 1. The van der Waals surface area contributed by atoms with Crippen molar-refractivity contribution < 1.29 is 33.4 Å². The third kappa shape index (κ3) is 6.22. The van der Waals surface area contributed by atoms with Gasteiger partial charge >= 0.3 is 5.97 Å². The lowest BCUT2D eigenvalue weighted by Gasteiger charge is -2.34. The van der Waals surface area contributed by atoms with Crippen LogP contribution in [0.3, 0.4) is 0 Å². The molecule has 1 saturated heterocycles. The quantitative estimate of drug-likeness (QED) is 0.382. The van der Waals surface area contributed by atoms with Crippen molar-refractivity contribution in [3.8, 4) is 11.5 Å². The van der Waals surface area contributed by atoms with Crippen LogP contribution in [-0.2, 0) is 19.1 Å². The molecule has 37 heavy (non-hydrogen) atoms. The lowest BCUT2D eigenvalue weighted by molar-refractivity contribution is -0.151. The van der Waals surface area contributed by atoms with Gasteiger partial charge in [-0.25, -0.2) is 0 Å². The Labute approximate surface area is 220 Å². The molecule has 0 unspecified atom stereocenters. The maximum absolute atomic E-state index is 13.1. The van der Waals surface area contributed by atoms with E-state index in [1.165, 1.54) is 11.0 Å². The number of amides is 2. The fourth-order valence-corrected chi connectivity index (χ4v) is 4.56. The molecule has 196 valence electrons. The molecule has 2 amide bonds. The van der Waals surface area contributed by atoms with E-state index in [4.69, 9.17) is 25.8 Å². The zero-order valence-electron chi connectivity index (χ0n) is 20.8. The van der Waals surface area contributed by atoms with Crippen molar-refractivity contribution in [2.24, 2.45) is 5.92 Å². The summed E-state index contributed by atoms with van der Waals surface area (Å²) in [5.41, 5.74) is 1.58. The number of fused-ring (bicyclic) bond motifs is 1. The number of hydrogen-bond donors (Lipinski definition) is 0. The van der Waals surface area contributed by atoms with E-state index in [-0.39, 0.29) is 56.5 Å². The minimum absolute atomic E-state index is 0.214. The number of ketones is 1. The van der Waals surface area contributed by atoms with Gasteiger partial charge in [-0.2, -0.15) is 0 Å². The second-order valence-corrected chi connectivity index (χ2v) is 9.43. The summed E-state index contributed by atoms with van der Waals surface area (Å²) in [6.07, 6.45) is 1.33. The number of carbonyl (C=O) groups is 4. The highest BCUT2D eigenvalue weighted by atomic mass is 35.5. The third-order valence-electron chi connectivity index (χ3n) is 6.36. The Bertz CT molecular complexity index is 1220. The van der Waals surface area contributed by atoms with Gasteiger partial charge < -0.3 is 19.1 Å². The number of piperidine rings is 1. The van der Waals surface area contributed by atoms with E-state index in [1.807, 2.05) is 13.0 Å². The molecule has 2 heterocycles. The minimum atomic E-state index is -0.396. The molecule has 1 atom stereocenters. The van der Waals surface area contributed by atoms with Crippen LogP contribution in [0, 0.1) is 12.8 Å². The van der Waals surface area contributed by atoms with Crippen molar-refractivity contribution in [2.75, 3.05) is 44.4 Å². The van der Waals surface area contributed by atoms with Crippen LogP contribution >= 0.6 is 11.6 Å². The number of likely N-dealkylation sites (tertiary alicyclic amines) is 1. The van der Waals surface area contributed by atoms with Crippen molar-refractivity contribution in [3.63, 3.8) is 0 Å². The standard InChI is InChI=1S/C27H29ClN2O7/c1-3-35-27(34)19-5-4-10-29(13-19)25(32)14-30-21-12-18(7-9-23(21)37-16-26(30)33)22(31)15-36-24-11-17(2)6-8-20(24)28/h6-9,11-12,19H,3-5,10,13-16H2,1-2H3/t19-/m0/s1. The van der Waals surface area contributed by atoms with Gasteiger partial charge in [0, 0.05) is 18.7 Å². The van der Waals surface area contributed by atoms with Crippen molar-refractivity contribution in [2.45, 2.75) is 26.7 Å². The van der Waals surface area contributed by atoms with Crippen LogP contribution < -0.4 is 14.4 Å². The summed E-state index contributed by atoms with van der Waals surface area (Å²) in [5, 5.41) is 0.399. The second-order valence-electron chi connectivity index (χ2n) is 9.03. The zero-order chi connectivity index (χ0) is 26.5. The molecular formula is C27H29ClN2O7. The van der Waals surface area contributed by atoms with E-state index in [1.54, 1.807) is 36.1 Å². The van der Waals surface area contributed by atoms with Crippen LogP contribution in [0.4, 0.5) is 5.69 Å². The maximum atomic E-state index is 13.1. The van der Waals surface area contributed by atoms with E-state index < -0.39 is 5.91 Å². The Morgan fingerprint density at radius 3 is 2.76 bits per heavy atom. The average Bonchev–Trinajstić information content (AvgIpc) is 2.90. The smallest absolute Gasteiger partial charge is 0.310 e. The van der Waals surface area contributed by atoms with E-state index >= 15 is 0 Å². The number of nitrogens with zero attached hydrogens (tertiary/aromatic N) is 2. The van der Waals surface area contributed by atoms with Crippen molar-refractivity contribution in [3.05, 3.63) is 52.5 Å². The molecule has 2 aromatic carbocycles. The summed E-state index contributed by atoms with van der Waals surface area (Å²) in [6, 6.07) is 10.0. The first kappa shape index (κ1) is 26.5. The summed E-state index contributed by atoms with van der Waals surface area (Å²) in [5.74, 6) is -0.896. The molecule has 1 fully saturated rings. The first-order valence-corrected chi connectivity index (χ1v) is 12.6. The molecule has 2 aromatic rings. The molecule has 10 heteroatoms. The Hall–Kier alpha value is -3.59. The fraction of sp³-hybridized carbons (Fsp3) is 0.407. The summed E-state index contributed by atoms with van der Waals surface area (Å²) >= 11 is 6.15. The van der Waals surface area contributed by atoms with Gasteiger partial charge in [0.15, 0.2) is 19.0 Å². The summed E-state index contributed by atoms with van der Waals surface area (Å²) in [4.78, 5) is 53.8. The molecule has 0 aliphatic carbocycles. The lowest BCUT2D eigenvalue weighted by atomic mass is 9.98. The monoisotopic (exact) mass is 528 g/mol. The first-order chi connectivity index (χ1) is 17.8. The van der Waals surface area contributed by atoms with Gasteiger partial charge in [0.2, 0.25) is 5.91 Å². The summed E-state index contributed by atoms with van der Waals surface area (Å²) in [6.45, 7) is 3.98. The van der Waals surface area contributed by atoms with Crippen molar-refractivity contribution in [1.29, 1.82) is 0 Å².